The molecule has 2 rings (SSSR count). The maximum atomic E-state index is 12.2. The summed E-state index contributed by atoms with van der Waals surface area (Å²) in [7, 11) is 3.13. The van der Waals surface area contributed by atoms with Gasteiger partial charge in [-0.15, -0.1) is 0 Å². The molecule has 2 aromatic rings. The number of aryl methyl sites for hydroxylation is 1. The van der Waals surface area contributed by atoms with Crippen molar-refractivity contribution in [3.8, 4) is 0 Å². The van der Waals surface area contributed by atoms with Crippen LogP contribution in [0, 0.1) is 11.8 Å². The van der Waals surface area contributed by atoms with Crippen molar-refractivity contribution in [2.24, 2.45) is 25.9 Å². The van der Waals surface area contributed by atoms with Gasteiger partial charge in [0.05, 0.1) is 0 Å². The standard InChI is InChI=1S/C18H30N4O2S/c1-6-8-13(10-9-12(3)7-2)11-25-17-19-14-15(20-17)21(4)18(24)22(5)16(14)23/h12-13H,6-11H2,1-5H3,(H,19,20). The molecule has 0 aliphatic heterocycles. The number of imidazole rings is 1. The van der Waals surface area contributed by atoms with Gasteiger partial charge in [-0.3, -0.25) is 13.9 Å². The van der Waals surface area contributed by atoms with Crippen LogP contribution in [-0.2, 0) is 14.1 Å². The van der Waals surface area contributed by atoms with E-state index in [-0.39, 0.29) is 11.2 Å². The molecule has 1 N–H and O–H groups in total. The van der Waals surface area contributed by atoms with Crippen molar-refractivity contribution >= 4 is 22.9 Å². The highest BCUT2D eigenvalue weighted by atomic mass is 32.2. The molecule has 0 amide bonds. The van der Waals surface area contributed by atoms with E-state index in [1.54, 1.807) is 18.8 Å². The molecular formula is C18H30N4O2S. The highest BCUT2D eigenvalue weighted by Crippen LogP contribution is 2.26. The average molecular weight is 367 g/mol. The monoisotopic (exact) mass is 366 g/mol. The first-order chi connectivity index (χ1) is 11.9. The third-order valence-electron chi connectivity index (χ3n) is 4.99. The van der Waals surface area contributed by atoms with Gasteiger partial charge >= 0.3 is 5.69 Å². The van der Waals surface area contributed by atoms with E-state index < -0.39 is 0 Å². The Balaban J connectivity index is 2.14. The first-order valence-corrected chi connectivity index (χ1v) is 10.2. The van der Waals surface area contributed by atoms with Crippen LogP contribution < -0.4 is 11.2 Å². The van der Waals surface area contributed by atoms with Gasteiger partial charge in [0.25, 0.3) is 5.56 Å². The van der Waals surface area contributed by atoms with Crippen LogP contribution in [0.1, 0.15) is 52.9 Å². The molecule has 2 heterocycles. The Morgan fingerprint density at radius 3 is 2.48 bits per heavy atom. The number of aromatic amines is 1. The average Bonchev–Trinajstić information content (AvgIpc) is 3.04. The van der Waals surface area contributed by atoms with Crippen molar-refractivity contribution in [1.82, 2.24) is 19.1 Å². The molecule has 2 atom stereocenters. The van der Waals surface area contributed by atoms with Gasteiger partial charge < -0.3 is 4.98 Å². The number of nitrogens with one attached hydrogen (secondary N) is 1. The van der Waals surface area contributed by atoms with E-state index in [4.69, 9.17) is 0 Å². The molecule has 0 spiro atoms. The largest absolute Gasteiger partial charge is 0.332 e. The van der Waals surface area contributed by atoms with Gasteiger partial charge in [-0.2, -0.15) is 0 Å². The Kier molecular flexibility index (Phi) is 6.93. The fourth-order valence-electron chi connectivity index (χ4n) is 3.01. The summed E-state index contributed by atoms with van der Waals surface area (Å²) in [6.07, 6.45) is 6.12. The summed E-state index contributed by atoms with van der Waals surface area (Å²) in [5.74, 6) is 2.41. The van der Waals surface area contributed by atoms with Crippen molar-refractivity contribution in [2.75, 3.05) is 5.75 Å². The summed E-state index contributed by atoms with van der Waals surface area (Å²) >= 11 is 1.65. The number of fused-ring (bicyclic) bond motifs is 1. The molecule has 0 aliphatic carbocycles. The highest BCUT2D eigenvalue weighted by molar-refractivity contribution is 7.99. The van der Waals surface area contributed by atoms with E-state index in [0.717, 1.165) is 21.4 Å². The first-order valence-electron chi connectivity index (χ1n) is 9.17. The molecule has 0 radical (unpaired) electrons. The summed E-state index contributed by atoms with van der Waals surface area (Å²) in [6.45, 7) is 6.78. The van der Waals surface area contributed by atoms with Crippen LogP contribution in [0.5, 0.6) is 0 Å². The van der Waals surface area contributed by atoms with Gasteiger partial charge in [0, 0.05) is 19.8 Å². The van der Waals surface area contributed by atoms with Crippen molar-refractivity contribution in [3.05, 3.63) is 20.8 Å². The third kappa shape index (κ3) is 4.57. The Hall–Kier alpha value is -1.50. The van der Waals surface area contributed by atoms with Crippen LogP contribution in [0.25, 0.3) is 11.2 Å². The smallest absolute Gasteiger partial charge is 0.327 e. The van der Waals surface area contributed by atoms with Gasteiger partial charge in [0.2, 0.25) is 0 Å². The van der Waals surface area contributed by atoms with Gasteiger partial charge in [-0.1, -0.05) is 51.8 Å². The minimum atomic E-state index is -0.349. The summed E-state index contributed by atoms with van der Waals surface area (Å²) in [5, 5.41) is 0.720. The Morgan fingerprint density at radius 1 is 1.12 bits per heavy atom. The molecule has 2 unspecified atom stereocenters. The van der Waals surface area contributed by atoms with Crippen LogP contribution >= 0.6 is 11.8 Å². The molecule has 0 saturated heterocycles. The predicted octanol–water partition coefficient (Wildman–Crippen LogP) is 3.30. The van der Waals surface area contributed by atoms with Crippen LogP contribution in [0.4, 0.5) is 0 Å². The second kappa shape index (κ2) is 8.74. The van der Waals surface area contributed by atoms with E-state index >= 15 is 0 Å². The van der Waals surface area contributed by atoms with Crippen molar-refractivity contribution in [2.45, 2.75) is 58.0 Å². The van der Waals surface area contributed by atoms with Crippen molar-refractivity contribution < 1.29 is 0 Å². The van der Waals surface area contributed by atoms with Gasteiger partial charge in [-0.25, -0.2) is 9.78 Å². The second-order valence-corrected chi connectivity index (χ2v) is 8.01. The minimum Gasteiger partial charge on any atom is -0.327 e. The number of nitrogens with zero attached hydrogens (tertiary/aromatic N) is 3. The van der Waals surface area contributed by atoms with Crippen LogP contribution in [0.3, 0.4) is 0 Å². The van der Waals surface area contributed by atoms with Crippen molar-refractivity contribution in [3.63, 3.8) is 0 Å². The topological polar surface area (TPSA) is 72.7 Å². The zero-order chi connectivity index (χ0) is 18.6. The lowest BCUT2D eigenvalue weighted by molar-refractivity contribution is 0.408. The van der Waals surface area contributed by atoms with Crippen LogP contribution in [0.2, 0.25) is 0 Å². The van der Waals surface area contributed by atoms with Gasteiger partial charge in [0.15, 0.2) is 16.3 Å². The quantitative estimate of drug-likeness (QED) is 0.691. The van der Waals surface area contributed by atoms with E-state index in [2.05, 4.69) is 30.7 Å². The molecule has 2 aromatic heterocycles. The maximum Gasteiger partial charge on any atom is 0.332 e. The Morgan fingerprint density at radius 2 is 1.84 bits per heavy atom. The lowest BCUT2D eigenvalue weighted by Gasteiger charge is -2.17. The zero-order valence-corrected chi connectivity index (χ0v) is 16.8. The Bertz CT molecular complexity index is 821. The number of hydrogen-bond donors (Lipinski definition) is 1. The number of rotatable bonds is 9. The predicted molar refractivity (Wildman–Crippen MR) is 104 cm³/mol. The molecule has 7 heteroatoms. The molecule has 140 valence electrons. The SMILES string of the molecule is CCCC(CCC(C)CC)CSc1nc2c([nH]1)c(=O)n(C)c(=O)n2C. The Labute approximate surface area is 153 Å². The molecule has 0 fully saturated rings. The number of thioether (sulfide) groups is 1. The van der Waals surface area contributed by atoms with Crippen molar-refractivity contribution in [1.29, 1.82) is 0 Å². The van der Waals surface area contributed by atoms with Crippen LogP contribution in [-0.4, -0.2) is 24.9 Å². The molecule has 0 aliphatic rings. The fourth-order valence-corrected chi connectivity index (χ4v) is 4.07. The molecule has 0 aromatic carbocycles. The highest BCUT2D eigenvalue weighted by Gasteiger charge is 2.16. The minimum absolute atomic E-state index is 0.320. The fraction of sp³-hybridized carbons (Fsp3) is 0.722. The molecule has 0 bridgehead atoms. The van der Waals surface area contributed by atoms with E-state index in [0.29, 0.717) is 17.1 Å². The third-order valence-corrected chi connectivity index (χ3v) is 6.10. The van der Waals surface area contributed by atoms with Gasteiger partial charge in [-0.05, 0) is 24.7 Å². The normalized spacial score (nSPS) is 14.1. The van der Waals surface area contributed by atoms with E-state index in [1.165, 1.54) is 43.7 Å². The lowest BCUT2D eigenvalue weighted by atomic mass is 9.94. The van der Waals surface area contributed by atoms with Crippen LogP contribution in [0.15, 0.2) is 14.7 Å². The summed E-state index contributed by atoms with van der Waals surface area (Å²) in [6, 6.07) is 0. The number of aromatic nitrogens is 4. The maximum absolute atomic E-state index is 12.2. The molecule has 0 saturated carbocycles. The summed E-state index contributed by atoms with van der Waals surface area (Å²) in [4.78, 5) is 31.8. The van der Waals surface area contributed by atoms with E-state index in [9.17, 15) is 9.59 Å². The summed E-state index contributed by atoms with van der Waals surface area (Å²) in [5.41, 5.74) is 0.165. The second-order valence-electron chi connectivity index (χ2n) is 7.00. The summed E-state index contributed by atoms with van der Waals surface area (Å²) < 4.78 is 2.53. The number of hydrogen-bond acceptors (Lipinski definition) is 4. The lowest BCUT2D eigenvalue weighted by Crippen LogP contribution is -2.36. The number of H-pyrrole nitrogens is 1. The molecule has 6 nitrogen and oxygen atoms in total. The molecule has 25 heavy (non-hydrogen) atoms. The molecular weight excluding hydrogens is 336 g/mol. The van der Waals surface area contributed by atoms with Gasteiger partial charge in [0.1, 0.15) is 0 Å². The van der Waals surface area contributed by atoms with E-state index in [1.807, 2.05) is 0 Å². The zero-order valence-electron chi connectivity index (χ0n) is 16.0. The first kappa shape index (κ1) is 19.8.